The molecular formula is C8H15N3. The molecule has 4 aliphatic heterocycles. The topological polar surface area (TPSA) is 18.5 Å². The summed E-state index contributed by atoms with van der Waals surface area (Å²) in [5.41, 5.74) is 0. The Morgan fingerprint density at radius 2 is 1.27 bits per heavy atom. The SMILES string of the molecule is C1NC[C@H]2[C@H]1N1CCN2CC1. The fraction of sp³-hybridized carbons (Fsp3) is 1.00. The summed E-state index contributed by atoms with van der Waals surface area (Å²) in [6.07, 6.45) is 0. The van der Waals surface area contributed by atoms with Crippen LogP contribution in [0.25, 0.3) is 0 Å². The lowest BCUT2D eigenvalue weighted by Crippen LogP contribution is -2.65. The van der Waals surface area contributed by atoms with Crippen LogP contribution in [0.2, 0.25) is 0 Å². The lowest BCUT2D eigenvalue weighted by molar-refractivity contribution is -0.0134. The minimum Gasteiger partial charge on any atom is -0.313 e. The molecule has 0 aromatic carbocycles. The van der Waals surface area contributed by atoms with Gasteiger partial charge in [-0.3, -0.25) is 9.80 Å². The van der Waals surface area contributed by atoms with Crippen LogP contribution in [0.3, 0.4) is 0 Å². The molecule has 0 radical (unpaired) electrons. The third-order valence-electron chi connectivity index (χ3n) is 3.44. The van der Waals surface area contributed by atoms with Crippen LogP contribution in [0.1, 0.15) is 0 Å². The van der Waals surface area contributed by atoms with E-state index in [4.69, 9.17) is 0 Å². The van der Waals surface area contributed by atoms with Crippen LogP contribution in [0, 0.1) is 0 Å². The number of fused-ring (bicyclic) bond motifs is 2. The van der Waals surface area contributed by atoms with Crippen molar-refractivity contribution in [2.45, 2.75) is 12.1 Å². The highest BCUT2D eigenvalue weighted by Gasteiger charge is 2.42. The van der Waals surface area contributed by atoms with Gasteiger partial charge in [0.1, 0.15) is 0 Å². The molecule has 0 unspecified atom stereocenters. The molecule has 4 heterocycles. The summed E-state index contributed by atoms with van der Waals surface area (Å²) < 4.78 is 0. The first-order chi connectivity index (χ1) is 5.45. The number of hydrogen-bond donors (Lipinski definition) is 1. The normalized spacial score (nSPS) is 54.5. The van der Waals surface area contributed by atoms with Crippen LogP contribution in [0.4, 0.5) is 0 Å². The first-order valence-electron chi connectivity index (χ1n) is 4.64. The molecule has 0 aromatic rings. The van der Waals surface area contributed by atoms with Gasteiger partial charge in [0.25, 0.3) is 0 Å². The maximum atomic E-state index is 3.48. The van der Waals surface area contributed by atoms with Crippen molar-refractivity contribution in [3.05, 3.63) is 0 Å². The van der Waals surface area contributed by atoms with E-state index in [2.05, 4.69) is 15.1 Å². The minimum atomic E-state index is 0.845. The van der Waals surface area contributed by atoms with Crippen LogP contribution >= 0.6 is 0 Å². The molecule has 0 amide bonds. The van der Waals surface area contributed by atoms with Crippen LogP contribution in [0.15, 0.2) is 0 Å². The summed E-state index contributed by atoms with van der Waals surface area (Å²) in [5, 5.41) is 3.48. The minimum absolute atomic E-state index is 0.845. The van der Waals surface area contributed by atoms with Crippen LogP contribution in [-0.4, -0.2) is 61.2 Å². The first kappa shape index (κ1) is 6.40. The Morgan fingerprint density at radius 1 is 0.818 bits per heavy atom. The van der Waals surface area contributed by atoms with Crippen LogP contribution in [-0.2, 0) is 0 Å². The third kappa shape index (κ3) is 0.789. The van der Waals surface area contributed by atoms with Gasteiger partial charge < -0.3 is 5.32 Å². The Morgan fingerprint density at radius 3 is 1.73 bits per heavy atom. The fourth-order valence-corrected chi connectivity index (χ4v) is 2.80. The van der Waals surface area contributed by atoms with E-state index in [1.54, 1.807) is 0 Å². The second-order valence-corrected chi connectivity index (χ2v) is 3.86. The van der Waals surface area contributed by atoms with Gasteiger partial charge in [0.05, 0.1) is 0 Å². The monoisotopic (exact) mass is 153 g/mol. The Kier molecular flexibility index (Phi) is 1.27. The van der Waals surface area contributed by atoms with Gasteiger partial charge in [-0.25, -0.2) is 0 Å². The Hall–Kier alpha value is -0.120. The van der Waals surface area contributed by atoms with E-state index in [0.717, 1.165) is 12.1 Å². The van der Waals surface area contributed by atoms with Gasteiger partial charge >= 0.3 is 0 Å². The van der Waals surface area contributed by atoms with E-state index in [1.807, 2.05) is 0 Å². The van der Waals surface area contributed by atoms with Gasteiger partial charge in [-0.2, -0.15) is 0 Å². The van der Waals surface area contributed by atoms with Crippen LogP contribution < -0.4 is 5.32 Å². The van der Waals surface area contributed by atoms with Crippen molar-refractivity contribution in [1.29, 1.82) is 0 Å². The zero-order valence-electron chi connectivity index (χ0n) is 6.79. The molecule has 4 aliphatic rings. The third-order valence-corrected chi connectivity index (χ3v) is 3.44. The molecule has 0 saturated carbocycles. The first-order valence-corrected chi connectivity index (χ1v) is 4.64. The molecule has 0 aromatic heterocycles. The molecule has 2 atom stereocenters. The van der Waals surface area contributed by atoms with E-state index in [-0.39, 0.29) is 0 Å². The average molecular weight is 153 g/mol. The van der Waals surface area contributed by atoms with E-state index in [9.17, 15) is 0 Å². The Labute approximate surface area is 67.3 Å². The average Bonchev–Trinajstić information content (AvgIpc) is 2.55. The van der Waals surface area contributed by atoms with Crippen molar-refractivity contribution in [3.8, 4) is 0 Å². The molecule has 0 aliphatic carbocycles. The molecule has 0 spiro atoms. The highest BCUT2D eigenvalue weighted by Crippen LogP contribution is 2.24. The number of nitrogens with one attached hydrogen (secondary N) is 1. The molecule has 11 heavy (non-hydrogen) atoms. The molecule has 62 valence electrons. The lowest BCUT2D eigenvalue weighted by Gasteiger charge is -2.50. The van der Waals surface area contributed by atoms with Crippen molar-refractivity contribution in [3.63, 3.8) is 0 Å². The standard InChI is InChI=1S/C8H15N3/c1-2-11-4-3-10(1)7-5-9-6-8(7)11/h7-9H,1-6H2/t7-,8-/m0/s1. The Bertz CT molecular complexity index is 145. The van der Waals surface area contributed by atoms with Crippen molar-refractivity contribution in [2.24, 2.45) is 0 Å². The summed E-state index contributed by atoms with van der Waals surface area (Å²) in [6.45, 7) is 7.68. The van der Waals surface area contributed by atoms with E-state index >= 15 is 0 Å². The molecule has 4 rings (SSSR count). The number of rotatable bonds is 0. The highest BCUT2D eigenvalue weighted by molar-refractivity contribution is 5.02. The quantitative estimate of drug-likeness (QED) is 0.479. The number of hydrogen-bond acceptors (Lipinski definition) is 3. The van der Waals surface area contributed by atoms with Gasteiger partial charge in [0.15, 0.2) is 0 Å². The summed E-state index contributed by atoms with van der Waals surface area (Å²) in [5.74, 6) is 0. The van der Waals surface area contributed by atoms with Crippen molar-refractivity contribution >= 4 is 0 Å². The van der Waals surface area contributed by atoms with E-state index in [0.29, 0.717) is 0 Å². The zero-order chi connectivity index (χ0) is 7.26. The maximum Gasteiger partial charge on any atom is 0.0389 e. The lowest BCUT2D eigenvalue weighted by atomic mass is 10.0. The molecule has 3 nitrogen and oxygen atoms in total. The van der Waals surface area contributed by atoms with Crippen LogP contribution in [0.5, 0.6) is 0 Å². The fourth-order valence-electron chi connectivity index (χ4n) is 2.80. The summed E-state index contributed by atoms with van der Waals surface area (Å²) in [7, 11) is 0. The zero-order valence-corrected chi connectivity index (χ0v) is 6.79. The molecule has 3 heteroatoms. The molecule has 1 N–H and O–H groups in total. The number of piperazine rings is 3. The second-order valence-electron chi connectivity index (χ2n) is 3.86. The van der Waals surface area contributed by atoms with Gasteiger partial charge in [0.2, 0.25) is 0 Å². The summed E-state index contributed by atoms with van der Waals surface area (Å²) >= 11 is 0. The van der Waals surface area contributed by atoms with Gasteiger partial charge in [-0.15, -0.1) is 0 Å². The van der Waals surface area contributed by atoms with E-state index in [1.165, 1.54) is 39.3 Å². The molecule has 4 saturated heterocycles. The predicted octanol–water partition coefficient (Wildman–Crippen LogP) is -1.04. The second kappa shape index (κ2) is 2.19. The Balaban J connectivity index is 1.89. The van der Waals surface area contributed by atoms with E-state index < -0.39 is 0 Å². The predicted molar refractivity (Wildman–Crippen MR) is 43.6 cm³/mol. The highest BCUT2D eigenvalue weighted by atomic mass is 15.4. The summed E-state index contributed by atoms with van der Waals surface area (Å²) in [6, 6.07) is 1.69. The van der Waals surface area contributed by atoms with Gasteiger partial charge in [-0.1, -0.05) is 0 Å². The molecular weight excluding hydrogens is 138 g/mol. The summed E-state index contributed by atoms with van der Waals surface area (Å²) in [4.78, 5) is 5.31. The van der Waals surface area contributed by atoms with Gasteiger partial charge in [-0.05, 0) is 0 Å². The largest absolute Gasteiger partial charge is 0.313 e. The maximum absolute atomic E-state index is 3.48. The molecule has 4 fully saturated rings. The van der Waals surface area contributed by atoms with Gasteiger partial charge in [0, 0.05) is 51.4 Å². The number of nitrogens with zero attached hydrogens (tertiary/aromatic N) is 2. The van der Waals surface area contributed by atoms with Crippen molar-refractivity contribution in [2.75, 3.05) is 39.3 Å². The van der Waals surface area contributed by atoms with Crippen molar-refractivity contribution in [1.82, 2.24) is 15.1 Å². The molecule has 2 bridgehead atoms. The van der Waals surface area contributed by atoms with Crippen molar-refractivity contribution < 1.29 is 0 Å². The smallest absolute Gasteiger partial charge is 0.0389 e.